The lowest BCUT2D eigenvalue weighted by molar-refractivity contribution is 0.195. The van der Waals surface area contributed by atoms with E-state index < -0.39 is 6.10 Å². The van der Waals surface area contributed by atoms with Crippen molar-refractivity contribution in [1.29, 1.82) is 0 Å². The molecule has 1 heterocycles. The lowest BCUT2D eigenvalue weighted by Gasteiger charge is -1.99. The topological polar surface area (TPSA) is 33.1 Å². The summed E-state index contributed by atoms with van der Waals surface area (Å²) >= 11 is 3.29. The first-order valence-electron chi connectivity index (χ1n) is 4.98. The molecule has 1 unspecified atom stereocenters. The molecule has 1 atom stereocenters. The maximum atomic E-state index is 9.41. The zero-order valence-corrected chi connectivity index (χ0v) is 10.8. The fourth-order valence-corrected chi connectivity index (χ4v) is 2.66. The van der Waals surface area contributed by atoms with Crippen LogP contribution < -0.4 is 0 Å². The van der Waals surface area contributed by atoms with Crippen LogP contribution in [0.25, 0.3) is 10.6 Å². The first-order valence-corrected chi connectivity index (χ1v) is 7.09. The van der Waals surface area contributed by atoms with E-state index in [1.807, 2.05) is 5.38 Å². The third kappa shape index (κ3) is 2.45. The molecular weight excluding hydrogens is 238 g/mol. The number of benzene rings is 1. The minimum Gasteiger partial charge on any atom is -0.387 e. The summed E-state index contributed by atoms with van der Waals surface area (Å²) in [6.07, 6.45) is 1.57. The normalized spacial score (nSPS) is 12.7. The molecule has 0 bridgehead atoms. The fourth-order valence-electron chi connectivity index (χ4n) is 1.34. The van der Waals surface area contributed by atoms with Gasteiger partial charge in [0.1, 0.15) is 5.01 Å². The molecule has 2 aromatic rings. The maximum Gasteiger partial charge on any atom is 0.123 e. The Morgan fingerprint density at radius 3 is 2.50 bits per heavy atom. The van der Waals surface area contributed by atoms with Gasteiger partial charge in [-0.2, -0.15) is 0 Å². The van der Waals surface area contributed by atoms with Gasteiger partial charge < -0.3 is 5.11 Å². The van der Waals surface area contributed by atoms with Crippen LogP contribution in [0.4, 0.5) is 0 Å². The number of nitrogens with zero attached hydrogens (tertiary/aromatic N) is 1. The minimum atomic E-state index is -0.490. The second-order valence-corrected chi connectivity index (χ2v) is 5.22. The van der Waals surface area contributed by atoms with Crippen LogP contribution in [0, 0.1) is 0 Å². The molecule has 0 aliphatic rings. The molecule has 16 heavy (non-hydrogen) atoms. The molecule has 0 aliphatic heterocycles. The van der Waals surface area contributed by atoms with E-state index in [0.29, 0.717) is 0 Å². The van der Waals surface area contributed by atoms with Crippen LogP contribution in [0.3, 0.4) is 0 Å². The van der Waals surface area contributed by atoms with Crippen molar-refractivity contribution in [3.05, 3.63) is 35.3 Å². The second kappa shape index (κ2) is 4.99. The molecule has 1 N–H and O–H groups in total. The van der Waals surface area contributed by atoms with E-state index in [1.165, 1.54) is 4.90 Å². The number of aliphatic hydroxyl groups excluding tert-OH is 1. The predicted octanol–water partition coefficient (Wildman–Crippen LogP) is 3.59. The van der Waals surface area contributed by atoms with Gasteiger partial charge in [0.2, 0.25) is 0 Å². The van der Waals surface area contributed by atoms with Crippen LogP contribution >= 0.6 is 23.1 Å². The van der Waals surface area contributed by atoms with Crippen LogP contribution in [0.5, 0.6) is 0 Å². The molecule has 0 saturated heterocycles. The number of hydrogen-bond acceptors (Lipinski definition) is 4. The van der Waals surface area contributed by atoms with Crippen LogP contribution in [-0.2, 0) is 0 Å². The summed E-state index contributed by atoms with van der Waals surface area (Å²) < 4.78 is 0. The average Bonchev–Trinajstić information content (AvgIpc) is 2.78. The van der Waals surface area contributed by atoms with Crippen molar-refractivity contribution in [3.63, 3.8) is 0 Å². The molecule has 84 valence electrons. The van der Waals surface area contributed by atoms with Gasteiger partial charge in [-0.25, -0.2) is 4.98 Å². The third-order valence-corrected chi connectivity index (χ3v) is 3.94. The number of thiazole rings is 1. The smallest absolute Gasteiger partial charge is 0.123 e. The highest BCUT2D eigenvalue weighted by atomic mass is 32.2. The van der Waals surface area contributed by atoms with E-state index >= 15 is 0 Å². The maximum absolute atomic E-state index is 9.41. The van der Waals surface area contributed by atoms with Gasteiger partial charge in [0.25, 0.3) is 0 Å². The SMILES string of the molecule is CSc1ccc(-c2nc(C(C)O)cs2)cc1. The Hall–Kier alpha value is -0.840. The van der Waals surface area contributed by atoms with Gasteiger partial charge in [0.05, 0.1) is 11.8 Å². The van der Waals surface area contributed by atoms with Gasteiger partial charge in [-0.15, -0.1) is 23.1 Å². The molecular formula is C12H13NOS2. The van der Waals surface area contributed by atoms with Gasteiger partial charge in [-0.3, -0.25) is 0 Å². The molecule has 0 radical (unpaired) electrons. The molecule has 1 aromatic heterocycles. The number of rotatable bonds is 3. The van der Waals surface area contributed by atoms with Gasteiger partial charge in [-0.05, 0) is 25.3 Å². The molecule has 0 saturated carbocycles. The Morgan fingerprint density at radius 1 is 1.31 bits per heavy atom. The number of aliphatic hydroxyl groups is 1. The predicted molar refractivity (Wildman–Crippen MR) is 70.0 cm³/mol. The Kier molecular flexibility index (Phi) is 3.63. The van der Waals surface area contributed by atoms with E-state index in [9.17, 15) is 5.11 Å². The molecule has 0 aliphatic carbocycles. The molecule has 2 rings (SSSR count). The highest BCUT2D eigenvalue weighted by Crippen LogP contribution is 2.27. The molecule has 0 fully saturated rings. The van der Waals surface area contributed by atoms with Gasteiger partial charge in [0.15, 0.2) is 0 Å². The average molecular weight is 251 g/mol. The Balaban J connectivity index is 2.28. The molecule has 2 nitrogen and oxygen atoms in total. The Morgan fingerprint density at radius 2 is 2.00 bits per heavy atom. The highest BCUT2D eigenvalue weighted by Gasteiger charge is 2.08. The number of aromatic nitrogens is 1. The highest BCUT2D eigenvalue weighted by molar-refractivity contribution is 7.98. The van der Waals surface area contributed by atoms with Crippen LogP contribution in [0.1, 0.15) is 18.7 Å². The van der Waals surface area contributed by atoms with Gasteiger partial charge in [0, 0.05) is 15.8 Å². The monoisotopic (exact) mass is 251 g/mol. The molecule has 0 amide bonds. The Labute approximate surface area is 103 Å². The second-order valence-electron chi connectivity index (χ2n) is 3.48. The van der Waals surface area contributed by atoms with Crippen molar-refractivity contribution >= 4 is 23.1 Å². The van der Waals surface area contributed by atoms with Crippen molar-refractivity contribution in [3.8, 4) is 10.6 Å². The summed E-state index contributed by atoms with van der Waals surface area (Å²) in [4.78, 5) is 5.64. The minimum absolute atomic E-state index is 0.490. The summed E-state index contributed by atoms with van der Waals surface area (Å²) in [5, 5.41) is 12.3. The zero-order chi connectivity index (χ0) is 11.5. The quantitative estimate of drug-likeness (QED) is 0.846. The van der Waals surface area contributed by atoms with Gasteiger partial charge >= 0.3 is 0 Å². The first kappa shape index (κ1) is 11.6. The van der Waals surface area contributed by atoms with E-state index in [-0.39, 0.29) is 0 Å². The molecule has 4 heteroatoms. The van der Waals surface area contributed by atoms with Crippen molar-refractivity contribution in [2.45, 2.75) is 17.9 Å². The molecule has 1 aromatic carbocycles. The van der Waals surface area contributed by atoms with Crippen LogP contribution in [0.15, 0.2) is 34.5 Å². The van der Waals surface area contributed by atoms with E-state index in [0.717, 1.165) is 16.3 Å². The van der Waals surface area contributed by atoms with Crippen LogP contribution in [-0.4, -0.2) is 16.3 Å². The summed E-state index contributed by atoms with van der Waals surface area (Å²) in [6.45, 7) is 1.73. The van der Waals surface area contributed by atoms with Gasteiger partial charge in [-0.1, -0.05) is 12.1 Å². The summed E-state index contributed by atoms with van der Waals surface area (Å²) in [6, 6.07) is 8.31. The molecule has 0 spiro atoms. The number of hydrogen-bond donors (Lipinski definition) is 1. The summed E-state index contributed by atoms with van der Waals surface area (Å²) in [5.74, 6) is 0. The lowest BCUT2D eigenvalue weighted by Crippen LogP contribution is -1.90. The first-order chi connectivity index (χ1) is 7.70. The van der Waals surface area contributed by atoms with Crippen molar-refractivity contribution in [2.24, 2.45) is 0 Å². The third-order valence-electron chi connectivity index (χ3n) is 2.29. The fraction of sp³-hybridized carbons (Fsp3) is 0.250. The summed E-state index contributed by atoms with van der Waals surface area (Å²) in [7, 11) is 0. The summed E-state index contributed by atoms with van der Waals surface area (Å²) in [5.41, 5.74) is 1.85. The van der Waals surface area contributed by atoms with E-state index in [4.69, 9.17) is 0 Å². The van der Waals surface area contributed by atoms with Crippen LogP contribution in [0.2, 0.25) is 0 Å². The van der Waals surface area contributed by atoms with Crippen molar-refractivity contribution < 1.29 is 5.11 Å². The van der Waals surface area contributed by atoms with Crippen molar-refractivity contribution in [2.75, 3.05) is 6.26 Å². The van der Waals surface area contributed by atoms with E-state index in [2.05, 4.69) is 35.5 Å². The Bertz CT molecular complexity index is 462. The standard InChI is InChI=1S/C12H13NOS2/c1-8(14)11-7-16-12(13-11)9-3-5-10(15-2)6-4-9/h3-8,14H,1-2H3. The largest absolute Gasteiger partial charge is 0.387 e. The van der Waals surface area contributed by atoms with Crippen molar-refractivity contribution in [1.82, 2.24) is 4.98 Å². The zero-order valence-electron chi connectivity index (χ0n) is 9.18. The van der Waals surface area contributed by atoms with E-state index in [1.54, 1.807) is 30.0 Å². The lowest BCUT2D eigenvalue weighted by atomic mass is 10.2. The number of thioether (sulfide) groups is 1.